The summed E-state index contributed by atoms with van der Waals surface area (Å²) < 4.78 is 0. The molecule has 3 unspecified atom stereocenters. The fourth-order valence-electron chi connectivity index (χ4n) is 2.66. The number of nitriles is 1. The van der Waals surface area contributed by atoms with E-state index in [2.05, 4.69) is 13.0 Å². The molecule has 1 N–H and O–H groups in total. The van der Waals surface area contributed by atoms with Gasteiger partial charge in [0.05, 0.1) is 11.5 Å². The largest absolute Gasteiger partial charge is 0.386 e. The first kappa shape index (κ1) is 11.6. The SMILES string of the molecule is Cc1ccsc1C(O)C1(C#N)CCC(C)C1. The predicted octanol–water partition coefficient (Wildman–Crippen LogP) is 3.42. The van der Waals surface area contributed by atoms with E-state index in [0.717, 1.165) is 29.7 Å². The van der Waals surface area contributed by atoms with Crippen LogP contribution in [0.15, 0.2) is 11.4 Å². The van der Waals surface area contributed by atoms with E-state index in [1.165, 1.54) is 0 Å². The summed E-state index contributed by atoms with van der Waals surface area (Å²) in [5, 5.41) is 21.8. The van der Waals surface area contributed by atoms with Crippen molar-refractivity contribution in [2.75, 3.05) is 0 Å². The first-order valence-corrected chi connectivity index (χ1v) is 6.60. The van der Waals surface area contributed by atoms with E-state index in [1.807, 2.05) is 18.4 Å². The van der Waals surface area contributed by atoms with Crippen LogP contribution in [0, 0.1) is 29.6 Å². The van der Waals surface area contributed by atoms with Crippen molar-refractivity contribution in [1.82, 2.24) is 0 Å². The van der Waals surface area contributed by atoms with Gasteiger partial charge in [-0.15, -0.1) is 11.3 Å². The molecule has 2 rings (SSSR count). The van der Waals surface area contributed by atoms with Gasteiger partial charge in [0.1, 0.15) is 6.10 Å². The molecule has 3 atom stereocenters. The number of aliphatic hydroxyl groups excluding tert-OH is 1. The molecule has 1 aliphatic carbocycles. The van der Waals surface area contributed by atoms with Gasteiger partial charge in [-0.25, -0.2) is 0 Å². The Morgan fingerprint density at radius 2 is 2.44 bits per heavy atom. The second-order valence-corrected chi connectivity index (χ2v) is 5.93. The van der Waals surface area contributed by atoms with Crippen molar-refractivity contribution in [2.24, 2.45) is 11.3 Å². The highest BCUT2D eigenvalue weighted by Crippen LogP contribution is 2.50. The van der Waals surface area contributed by atoms with Crippen LogP contribution in [0.4, 0.5) is 0 Å². The van der Waals surface area contributed by atoms with Crippen LogP contribution in [-0.2, 0) is 0 Å². The Balaban J connectivity index is 2.30. The highest BCUT2D eigenvalue weighted by molar-refractivity contribution is 7.10. The first-order valence-electron chi connectivity index (χ1n) is 5.72. The molecule has 1 saturated carbocycles. The third-order valence-corrected chi connectivity index (χ3v) is 4.76. The standard InChI is InChI=1S/C13H17NOS/c1-9-3-5-13(7-9,8-14)12(15)11-10(2)4-6-16-11/h4,6,9,12,15H,3,5,7H2,1-2H3. The Morgan fingerprint density at radius 3 is 2.88 bits per heavy atom. The van der Waals surface area contributed by atoms with Gasteiger partial charge < -0.3 is 5.11 Å². The zero-order valence-electron chi connectivity index (χ0n) is 9.73. The van der Waals surface area contributed by atoms with Gasteiger partial charge in [-0.05, 0) is 49.1 Å². The molecule has 3 heteroatoms. The van der Waals surface area contributed by atoms with Crippen LogP contribution in [0.25, 0.3) is 0 Å². The number of nitrogens with zero attached hydrogens (tertiary/aromatic N) is 1. The van der Waals surface area contributed by atoms with Gasteiger partial charge in [0.15, 0.2) is 0 Å². The molecule has 86 valence electrons. The van der Waals surface area contributed by atoms with Crippen molar-refractivity contribution >= 4 is 11.3 Å². The molecule has 1 aliphatic rings. The zero-order valence-corrected chi connectivity index (χ0v) is 10.5. The topological polar surface area (TPSA) is 44.0 Å². The van der Waals surface area contributed by atoms with Crippen LogP contribution in [0.5, 0.6) is 0 Å². The van der Waals surface area contributed by atoms with E-state index in [-0.39, 0.29) is 0 Å². The van der Waals surface area contributed by atoms with Crippen molar-refractivity contribution in [3.8, 4) is 6.07 Å². The number of hydrogen-bond donors (Lipinski definition) is 1. The molecule has 1 aromatic heterocycles. The average molecular weight is 235 g/mol. The van der Waals surface area contributed by atoms with Gasteiger partial charge in [0.25, 0.3) is 0 Å². The van der Waals surface area contributed by atoms with Crippen molar-refractivity contribution in [2.45, 2.75) is 39.2 Å². The summed E-state index contributed by atoms with van der Waals surface area (Å²) in [7, 11) is 0. The van der Waals surface area contributed by atoms with Crippen LogP contribution in [0.2, 0.25) is 0 Å². The molecular formula is C13H17NOS. The quantitative estimate of drug-likeness (QED) is 0.853. The van der Waals surface area contributed by atoms with Crippen molar-refractivity contribution in [1.29, 1.82) is 5.26 Å². The molecule has 0 amide bonds. The summed E-state index contributed by atoms with van der Waals surface area (Å²) in [5.74, 6) is 0.551. The molecular weight excluding hydrogens is 218 g/mol. The number of hydrogen-bond acceptors (Lipinski definition) is 3. The molecule has 0 aliphatic heterocycles. The third kappa shape index (κ3) is 1.77. The van der Waals surface area contributed by atoms with Gasteiger partial charge in [0, 0.05) is 4.88 Å². The summed E-state index contributed by atoms with van der Waals surface area (Å²) in [6, 6.07) is 4.39. The lowest BCUT2D eigenvalue weighted by Crippen LogP contribution is -2.24. The van der Waals surface area contributed by atoms with Crippen LogP contribution in [-0.4, -0.2) is 5.11 Å². The maximum absolute atomic E-state index is 10.4. The van der Waals surface area contributed by atoms with Crippen molar-refractivity contribution in [3.63, 3.8) is 0 Å². The number of thiophene rings is 1. The molecule has 2 nitrogen and oxygen atoms in total. The maximum Gasteiger partial charge on any atom is 0.107 e. The fourth-order valence-corrected chi connectivity index (χ4v) is 3.68. The molecule has 0 spiro atoms. The first-order chi connectivity index (χ1) is 7.59. The number of aliphatic hydroxyl groups is 1. The summed E-state index contributed by atoms with van der Waals surface area (Å²) in [5.41, 5.74) is 0.557. The second kappa shape index (κ2) is 4.20. The monoisotopic (exact) mass is 235 g/mol. The maximum atomic E-state index is 10.4. The molecule has 1 fully saturated rings. The molecule has 0 aromatic carbocycles. The highest BCUT2D eigenvalue weighted by Gasteiger charge is 2.45. The van der Waals surface area contributed by atoms with Crippen LogP contribution < -0.4 is 0 Å². The smallest absolute Gasteiger partial charge is 0.107 e. The number of aryl methyl sites for hydroxylation is 1. The molecule has 16 heavy (non-hydrogen) atoms. The number of rotatable bonds is 2. The lowest BCUT2D eigenvalue weighted by molar-refractivity contribution is 0.0673. The minimum Gasteiger partial charge on any atom is -0.386 e. The molecule has 0 saturated heterocycles. The minimum atomic E-state index is -0.609. The van der Waals surface area contributed by atoms with Crippen molar-refractivity contribution in [3.05, 3.63) is 21.9 Å². The van der Waals surface area contributed by atoms with Gasteiger partial charge in [-0.2, -0.15) is 5.26 Å². The van der Waals surface area contributed by atoms with E-state index < -0.39 is 11.5 Å². The minimum absolute atomic E-state index is 0.547. The Hall–Kier alpha value is -0.850. The van der Waals surface area contributed by atoms with Gasteiger partial charge in [-0.3, -0.25) is 0 Å². The molecule has 1 aromatic rings. The zero-order chi connectivity index (χ0) is 11.8. The lowest BCUT2D eigenvalue weighted by atomic mass is 9.80. The highest BCUT2D eigenvalue weighted by atomic mass is 32.1. The second-order valence-electron chi connectivity index (χ2n) is 4.99. The third-order valence-electron chi connectivity index (χ3n) is 3.69. The molecule has 0 bridgehead atoms. The lowest BCUT2D eigenvalue weighted by Gasteiger charge is -2.27. The Labute approximate surface area is 101 Å². The van der Waals surface area contributed by atoms with Gasteiger partial charge >= 0.3 is 0 Å². The Kier molecular flexibility index (Phi) is 3.05. The van der Waals surface area contributed by atoms with E-state index in [1.54, 1.807) is 11.3 Å². The summed E-state index contributed by atoms with van der Waals surface area (Å²) in [6.45, 7) is 4.16. The van der Waals surface area contributed by atoms with Crippen LogP contribution >= 0.6 is 11.3 Å². The van der Waals surface area contributed by atoms with Crippen molar-refractivity contribution < 1.29 is 5.11 Å². The molecule has 0 radical (unpaired) electrons. The van der Waals surface area contributed by atoms with Gasteiger partial charge in [0.2, 0.25) is 0 Å². The van der Waals surface area contributed by atoms with E-state index in [0.29, 0.717) is 5.92 Å². The van der Waals surface area contributed by atoms with E-state index >= 15 is 0 Å². The summed E-state index contributed by atoms with van der Waals surface area (Å²) in [6.07, 6.45) is 2.09. The van der Waals surface area contributed by atoms with Gasteiger partial charge in [-0.1, -0.05) is 6.92 Å². The summed E-state index contributed by atoms with van der Waals surface area (Å²) in [4.78, 5) is 0.968. The van der Waals surface area contributed by atoms with E-state index in [9.17, 15) is 10.4 Å². The Morgan fingerprint density at radius 1 is 1.69 bits per heavy atom. The van der Waals surface area contributed by atoms with E-state index in [4.69, 9.17) is 0 Å². The average Bonchev–Trinajstić information content (AvgIpc) is 2.84. The fraction of sp³-hybridized carbons (Fsp3) is 0.615. The van der Waals surface area contributed by atoms with Crippen LogP contribution in [0.3, 0.4) is 0 Å². The Bertz CT molecular complexity index is 420. The predicted molar refractivity (Wildman–Crippen MR) is 65.1 cm³/mol. The molecule has 1 heterocycles. The normalized spacial score (nSPS) is 31.2. The summed E-state index contributed by atoms with van der Waals surface area (Å²) >= 11 is 1.56. The van der Waals surface area contributed by atoms with Crippen LogP contribution in [0.1, 0.15) is 42.7 Å².